The largest absolute Gasteiger partial charge is 0.356 e. The van der Waals surface area contributed by atoms with E-state index in [1.165, 1.54) is 6.07 Å². The van der Waals surface area contributed by atoms with Crippen molar-refractivity contribution in [3.63, 3.8) is 0 Å². The molecule has 1 aromatic rings. The summed E-state index contributed by atoms with van der Waals surface area (Å²) in [6.45, 7) is 2.87. The Labute approximate surface area is 123 Å². The van der Waals surface area contributed by atoms with Gasteiger partial charge in [-0.3, -0.25) is 15.4 Å². The number of hydrogen-bond acceptors (Lipinski definition) is 4. The number of benzene rings is 1. The average molecular weight is 299 g/mol. The summed E-state index contributed by atoms with van der Waals surface area (Å²) in [5.74, 6) is 4.92. The molecule has 0 fully saturated rings. The lowest BCUT2D eigenvalue weighted by Gasteiger charge is -2.10. The van der Waals surface area contributed by atoms with Crippen LogP contribution in [-0.2, 0) is 4.79 Å². The molecule has 0 aliphatic carbocycles. The lowest BCUT2D eigenvalue weighted by atomic mass is 10.1. The highest BCUT2D eigenvalue weighted by Gasteiger charge is 2.11. The zero-order valence-electron chi connectivity index (χ0n) is 11.3. The Morgan fingerprint density at radius 1 is 1.25 bits per heavy atom. The molecule has 2 amide bonds. The predicted octanol–water partition coefficient (Wildman–Crippen LogP) is 1.27. The van der Waals surface area contributed by atoms with Gasteiger partial charge in [-0.25, -0.2) is 0 Å². The van der Waals surface area contributed by atoms with Gasteiger partial charge in [0.05, 0.1) is 11.3 Å². The zero-order chi connectivity index (χ0) is 15.0. The van der Waals surface area contributed by atoms with Gasteiger partial charge < -0.3 is 16.1 Å². The van der Waals surface area contributed by atoms with E-state index in [-0.39, 0.29) is 24.8 Å². The molecule has 0 atom stereocenters. The second kappa shape index (κ2) is 8.39. The van der Waals surface area contributed by atoms with E-state index in [1.807, 2.05) is 6.92 Å². The first-order valence-corrected chi connectivity index (χ1v) is 6.77. The molecule has 110 valence electrons. The molecular weight excluding hydrogens is 280 g/mol. The normalized spacial score (nSPS) is 9.95. The Bertz CT molecular complexity index is 479. The van der Waals surface area contributed by atoms with Crippen molar-refractivity contribution in [1.29, 1.82) is 0 Å². The molecule has 0 saturated carbocycles. The van der Waals surface area contributed by atoms with E-state index in [2.05, 4.69) is 16.1 Å². The quantitative estimate of drug-likeness (QED) is 0.450. The Balaban J connectivity index is 2.51. The zero-order valence-corrected chi connectivity index (χ0v) is 12.1. The highest BCUT2D eigenvalue weighted by molar-refractivity contribution is 6.31. The van der Waals surface area contributed by atoms with Crippen molar-refractivity contribution in [2.24, 2.45) is 5.84 Å². The minimum Gasteiger partial charge on any atom is -0.356 e. The molecule has 1 aromatic carbocycles. The van der Waals surface area contributed by atoms with Crippen LogP contribution >= 0.6 is 11.6 Å². The maximum atomic E-state index is 12.0. The number of amides is 2. The molecule has 0 radical (unpaired) electrons. The first-order valence-electron chi connectivity index (χ1n) is 6.39. The molecule has 0 unspecified atom stereocenters. The van der Waals surface area contributed by atoms with E-state index in [9.17, 15) is 9.59 Å². The smallest absolute Gasteiger partial charge is 0.253 e. The molecular formula is C13H19ClN4O2. The summed E-state index contributed by atoms with van der Waals surface area (Å²) >= 11 is 5.85. The second-order valence-electron chi connectivity index (χ2n) is 4.19. The SMILES string of the molecule is CCCNC(=O)CCNC(=O)c1cc(Cl)ccc1NN. The highest BCUT2D eigenvalue weighted by atomic mass is 35.5. The first-order chi connectivity index (χ1) is 9.58. The van der Waals surface area contributed by atoms with Crippen molar-refractivity contribution in [2.75, 3.05) is 18.5 Å². The summed E-state index contributed by atoms with van der Waals surface area (Å²) in [5, 5.41) is 5.83. The molecule has 0 bridgehead atoms. The summed E-state index contributed by atoms with van der Waals surface area (Å²) in [4.78, 5) is 23.4. The topological polar surface area (TPSA) is 96.2 Å². The first kappa shape index (κ1) is 16.3. The van der Waals surface area contributed by atoms with Crippen molar-refractivity contribution >= 4 is 29.1 Å². The number of halogens is 1. The van der Waals surface area contributed by atoms with Crippen LogP contribution in [0.4, 0.5) is 5.69 Å². The lowest BCUT2D eigenvalue weighted by molar-refractivity contribution is -0.120. The van der Waals surface area contributed by atoms with Crippen LogP contribution in [0.3, 0.4) is 0 Å². The maximum Gasteiger partial charge on any atom is 0.253 e. The Morgan fingerprint density at radius 2 is 2.00 bits per heavy atom. The van der Waals surface area contributed by atoms with Crippen molar-refractivity contribution in [1.82, 2.24) is 10.6 Å². The molecule has 20 heavy (non-hydrogen) atoms. The lowest BCUT2D eigenvalue weighted by Crippen LogP contribution is -2.31. The number of nitrogens with one attached hydrogen (secondary N) is 3. The molecule has 6 nitrogen and oxygen atoms in total. The van der Waals surface area contributed by atoms with Gasteiger partial charge in [-0.2, -0.15) is 0 Å². The third-order valence-electron chi connectivity index (χ3n) is 2.59. The number of carbonyl (C=O) groups excluding carboxylic acids is 2. The molecule has 0 aliphatic heterocycles. The standard InChI is InChI=1S/C13H19ClN4O2/c1-2-6-16-12(19)5-7-17-13(20)10-8-9(14)3-4-11(10)18-15/h3-4,8,18H,2,5-7,15H2,1H3,(H,16,19)(H,17,20). The molecule has 5 N–H and O–H groups in total. The molecule has 0 spiro atoms. The van der Waals surface area contributed by atoms with Crippen LogP contribution in [0.5, 0.6) is 0 Å². The van der Waals surface area contributed by atoms with E-state index < -0.39 is 0 Å². The third-order valence-corrected chi connectivity index (χ3v) is 2.83. The summed E-state index contributed by atoms with van der Waals surface area (Å²) in [7, 11) is 0. The van der Waals surface area contributed by atoms with Gasteiger partial charge in [0.2, 0.25) is 5.91 Å². The second-order valence-corrected chi connectivity index (χ2v) is 4.63. The number of carbonyl (C=O) groups is 2. The van der Waals surface area contributed by atoms with Gasteiger partial charge in [0, 0.05) is 24.5 Å². The van der Waals surface area contributed by atoms with E-state index in [1.54, 1.807) is 12.1 Å². The van der Waals surface area contributed by atoms with Gasteiger partial charge >= 0.3 is 0 Å². The highest BCUT2D eigenvalue weighted by Crippen LogP contribution is 2.19. The summed E-state index contributed by atoms with van der Waals surface area (Å²) in [5.41, 5.74) is 3.25. The number of nitrogens with two attached hydrogens (primary N) is 1. The Hall–Kier alpha value is -1.79. The van der Waals surface area contributed by atoms with E-state index in [0.717, 1.165) is 6.42 Å². The Morgan fingerprint density at radius 3 is 2.65 bits per heavy atom. The fourth-order valence-corrected chi connectivity index (χ4v) is 1.74. The molecule has 0 heterocycles. The number of rotatable bonds is 7. The third kappa shape index (κ3) is 5.07. The number of hydrazine groups is 1. The minimum absolute atomic E-state index is 0.0876. The van der Waals surface area contributed by atoms with Gasteiger partial charge in [-0.15, -0.1) is 0 Å². The average Bonchev–Trinajstić information content (AvgIpc) is 2.44. The van der Waals surface area contributed by atoms with Crippen LogP contribution in [0.25, 0.3) is 0 Å². The molecule has 7 heteroatoms. The van der Waals surface area contributed by atoms with Gasteiger partial charge in [0.1, 0.15) is 0 Å². The van der Waals surface area contributed by atoms with Gasteiger partial charge in [-0.05, 0) is 24.6 Å². The van der Waals surface area contributed by atoms with Gasteiger partial charge in [0.15, 0.2) is 0 Å². The van der Waals surface area contributed by atoms with Crippen molar-refractivity contribution < 1.29 is 9.59 Å². The summed E-state index contributed by atoms with van der Waals surface area (Å²) in [6.07, 6.45) is 1.11. The van der Waals surface area contributed by atoms with E-state index in [4.69, 9.17) is 17.4 Å². The van der Waals surface area contributed by atoms with E-state index in [0.29, 0.717) is 22.8 Å². The van der Waals surface area contributed by atoms with E-state index >= 15 is 0 Å². The predicted molar refractivity (Wildman–Crippen MR) is 79.5 cm³/mol. The number of anilines is 1. The molecule has 1 rings (SSSR count). The Kier molecular flexibility index (Phi) is 6.83. The van der Waals surface area contributed by atoms with Crippen LogP contribution in [-0.4, -0.2) is 24.9 Å². The van der Waals surface area contributed by atoms with Crippen molar-refractivity contribution in [3.05, 3.63) is 28.8 Å². The van der Waals surface area contributed by atoms with Crippen LogP contribution in [0.1, 0.15) is 30.1 Å². The minimum atomic E-state index is -0.330. The van der Waals surface area contributed by atoms with Crippen molar-refractivity contribution in [2.45, 2.75) is 19.8 Å². The summed E-state index contributed by atoms with van der Waals surface area (Å²) < 4.78 is 0. The monoisotopic (exact) mass is 298 g/mol. The van der Waals surface area contributed by atoms with Gasteiger partial charge in [0.25, 0.3) is 5.91 Å². The maximum absolute atomic E-state index is 12.0. The van der Waals surface area contributed by atoms with Crippen LogP contribution < -0.4 is 21.9 Å². The molecule has 0 aliphatic rings. The molecule has 0 aromatic heterocycles. The van der Waals surface area contributed by atoms with Crippen LogP contribution in [0, 0.1) is 0 Å². The fourth-order valence-electron chi connectivity index (χ4n) is 1.57. The van der Waals surface area contributed by atoms with Gasteiger partial charge in [-0.1, -0.05) is 18.5 Å². The van der Waals surface area contributed by atoms with Crippen LogP contribution in [0.2, 0.25) is 5.02 Å². The molecule has 0 saturated heterocycles. The number of hydrogen-bond donors (Lipinski definition) is 4. The number of nitrogen functional groups attached to an aromatic ring is 1. The summed E-state index contributed by atoms with van der Waals surface area (Å²) in [6, 6.07) is 4.76. The fraction of sp³-hybridized carbons (Fsp3) is 0.385. The van der Waals surface area contributed by atoms with Crippen molar-refractivity contribution in [3.8, 4) is 0 Å². The van der Waals surface area contributed by atoms with Crippen LogP contribution in [0.15, 0.2) is 18.2 Å².